The fourth-order valence-corrected chi connectivity index (χ4v) is 5.92. The second-order valence-electron chi connectivity index (χ2n) is 9.73. The molecule has 0 radical (unpaired) electrons. The third-order valence-electron chi connectivity index (χ3n) is 7.83. The van der Waals surface area contributed by atoms with Crippen LogP contribution in [0.15, 0.2) is 54.6 Å². The maximum absolute atomic E-state index is 13.1. The number of hydrogen-bond donors (Lipinski definition) is 2. The topological polar surface area (TPSA) is 57.4 Å². The van der Waals surface area contributed by atoms with E-state index in [0.29, 0.717) is 18.2 Å². The van der Waals surface area contributed by atoms with Gasteiger partial charge in [0.2, 0.25) is 0 Å². The van der Waals surface area contributed by atoms with Crippen molar-refractivity contribution in [3.8, 4) is 5.75 Å². The van der Waals surface area contributed by atoms with Crippen LogP contribution >= 0.6 is 0 Å². The first kappa shape index (κ1) is 21.8. The van der Waals surface area contributed by atoms with E-state index in [1.807, 2.05) is 36.4 Å². The molecule has 1 saturated heterocycles. The van der Waals surface area contributed by atoms with E-state index < -0.39 is 0 Å². The summed E-state index contributed by atoms with van der Waals surface area (Å²) in [6.45, 7) is 4.77. The SMILES string of the molecule is COc1cccc([C@]23CCN(C)C[C@@H]2Cc2c([nH]c(C(=O)NCc4ccccc4)c2C)C3)c1. The highest BCUT2D eigenvalue weighted by atomic mass is 16.5. The molecule has 5 nitrogen and oxygen atoms in total. The number of methoxy groups -OCH3 is 1. The number of amides is 1. The van der Waals surface area contributed by atoms with Crippen molar-refractivity contribution < 1.29 is 9.53 Å². The highest BCUT2D eigenvalue weighted by molar-refractivity contribution is 5.94. The van der Waals surface area contributed by atoms with Crippen LogP contribution in [0.25, 0.3) is 0 Å². The Balaban J connectivity index is 1.46. The van der Waals surface area contributed by atoms with Crippen molar-refractivity contribution in [2.24, 2.45) is 5.92 Å². The van der Waals surface area contributed by atoms with Crippen molar-refractivity contribution in [3.05, 3.63) is 88.2 Å². The van der Waals surface area contributed by atoms with Gasteiger partial charge in [0.05, 0.1) is 7.11 Å². The number of likely N-dealkylation sites (tertiary alicyclic amines) is 1. The molecule has 1 aliphatic carbocycles. The molecule has 1 aromatic heterocycles. The van der Waals surface area contributed by atoms with Crippen LogP contribution in [0.3, 0.4) is 0 Å². The van der Waals surface area contributed by atoms with Gasteiger partial charge in [-0.1, -0.05) is 42.5 Å². The van der Waals surface area contributed by atoms with Gasteiger partial charge in [-0.2, -0.15) is 0 Å². The van der Waals surface area contributed by atoms with Gasteiger partial charge in [-0.05, 0) is 80.1 Å². The van der Waals surface area contributed by atoms with E-state index in [4.69, 9.17) is 4.74 Å². The molecule has 5 heteroatoms. The molecule has 2 atom stereocenters. The highest BCUT2D eigenvalue weighted by Gasteiger charge is 2.48. The summed E-state index contributed by atoms with van der Waals surface area (Å²) in [6.07, 6.45) is 3.03. The molecule has 3 aromatic rings. The van der Waals surface area contributed by atoms with Crippen molar-refractivity contribution in [2.75, 3.05) is 27.2 Å². The highest BCUT2D eigenvalue weighted by Crippen LogP contribution is 2.49. The van der Waals surface area contributed by atoms with Gasteiger partial charge in [0.15, 0.2) is 0 Å². The maximum atomic E-state index is 13.1. The first-order chi connectivity index (χ1) is 16.0. The largest absolute Gasteiger partial charge is 0.497 e. The third-order valence-corrected chi connectivity index (χ3v) is 7.83. The lowest BCUT2D eigenvalue weighted by Gasteiger charge is -2.50. The lowest BCUT2D eigenvalue weighted by atomic mass is 9.58. The summed E-state index contributed by atoms with van der Waals surface area (Å²) in [6, 6.07) is 18.7. The number of aromatic nitrogens is 1. The minimum Gasteiger partial charge on any atom is -0.497 e. The zero-order chi connectivity index (χ0) is 23.0. The van der Waals surface area contributed by atoms with Crippen molar-refractivity contribution in [1.82, 2.24) is 15.2 Å². The third kappa shape index (κ3) is 3.95. The Labute approximate surface area is 196 Å². The molecule has 5 rings (SSSR count). The van der Waals surface area contributed by atoms with E-state index in [9.17, 15) is 4.79 Å². The molecule has 0 unspecified atom stereocenters. The first-order valence-electron chi connectivity index (χ1n) is 11.9. The van der Waals surface area contributed by atoms with Gasteiger partial charge in [-0.3, -0.25) is 4.79 Å². The molecule has 2 aliphatic rings. The molecule has 1 fully saturated rings. The van der Waals surface area contributed by atoms with E-state index in [-0.39, 0.29) is 11.3 Å². The molecule has 2 heterocycles. The van der Waals surface area contributed by atoms with E-state index in [1.165, 1.54) is 16.8 Å². The minimum atomic E-state index is -0.0266. The monoisotopic (exact) mass is 443 g/mol. The predicted molar refractivity (Wildman–Crippen MR) is 131 cm³/mol. The average Bonchev–Trinajstić information content (AvgIpc) is 3.17. The number of carbonyl (C=O) groups excluding carboxylic acids is 1. The van der Waals surface area contributed by atoms with Crippen molar-refractivity contribution in [3.63, 3.8) is 0 Å². The van der Waals surface area contributed by atoms with Crippen molar-refractivity contribution in [2.45, 2.75) is 38.1 Å². The Hall–Kier alpha value is -3.05. The molecular weight excluding hydrogens is 410 g/mol. The number of piperidine rings is 1. The number of H-pyrrole nitrogens is 1. The van der Waals surface area contributed by atoms with E-state index in [0.717, 1.165) is 49.2 Å². The number of aromatic amines is 1. The Morgan fingerprint density at radius 1 is 1.21 bits per heavy atom. The average molecular weight is 444 g/mol. The molecule has 2 aromatic carbocycles. The molecule has 1 aliphatic heterocycles. The quantitative estimate of drug-likeness (QED) is 0.620. The first-order valence-corrected chi connectivity index (χ1v) is 11.9. The van der Waals surface area contributed by atoms with Crippen LogP contribution in [0.2, 0.25) is 0 Å². The number of fused-ring (bicyclic) bond motifs is 2. The summed E-state index contributed by atoms with van der Waals surface area (Å²) in [7, 11) is 3.95. The van der Waals surface area contributed by atoms with Gasteiger partial charge < -0.3 is 19.9 Å². The van der Waals surface area contributed by atoms with Crippen LogP contribution in [0.4, 0.5) is 0 Å². The number of carbonyl (C=O) groups is 1. The van der Waals surface area contributed by atoms with Gasteiger partial charge >= 0.3 is 0 Å². The van der Waals surface area contributed by atoms with Crippen molar-refractivity contribution in [1.29, 1.82) is 0 Å². The normalized spacial score (nSPS) is 22.3. The zero-order valence-electron chi connectivity index (χ0n) is 19.8. The van der Waals surface area contributed by atoms with Gasteiger partial charge in [0, 0.05) is 24.2 Å². The zero-order valence-corrected chi connectivity index (χ0v) is 19.8. The van der Waals surface area contributed by atoms with E-state index in [2.05, 4.69) is 47.4 Å². The number of nitrogens with one attached hydrogen (secondary N) is 2. The molecule has 2 N–H and O–H groups in total. The lowest BCUT2D eigenvalue weighted by molar-refractivity contribution is 0.0944. The fourth-order valence-electron chi connectivity index (χ4n) is 5.92. The lowest BCUT2D eigenvalue weighted by Crippen LogP contribution is -2.52. The van der Waals surface area contributed by atoms with Gasteiger partial charge in [-0.25, -0.2) is 0 Å². The van der Waals surface area contributed by atoms with Crippen LogP contribution in [0.5, 0.6) is 5.75 Å². The molecule has 33 heavy (non-hydrogen) atoms. The fraction of sp³-hybridized carbons (Fsp3) is 0.393. The maximum Gasteiger partial charge on any atom is 0.268 e. The molecule has 0 spiro atoms. The molecular formula is C28H33N3O2. The summed E-state index contributed by atoms with van der Waals surface area (Å²) in [5.41, 5.74) is 6.88. The summed E-state index contributed by atoms with van der Waals surface area (Å²) in [5, 5.41) is 3.10. The molecule has 172 valence electrons. The van der Waals surface area contributed by atoms with Crippen LogP contribution in [-0.2, 0) is 24.8 Å². The smallest absolute Gasteiger partial charge is 0.268 e. The van der Waals surface area contributed by atoms with E-state index in [1.54, 1.807) is 7.11 Å². The Morgan fingerprint density at radius 2 is 2.03 bits per heavy atom. The Bertz CT molecular complexity index is 1150. The number of ether oxygens (including phenoxy) is 1. The van der Waals surface area contributed by atoms with Gasteiger partial charge in [0.1, 0.15) is 11.4 Å². The Kier molecular flexibility index (Phi) is 5.75. The molecule has 1 amide bonds. The van der Waals surface area contributed by atoms with E-state index >= 15 is 0 Å². The number of benzene rings is 2. The second kappa shape index (κ2) is 8.71. The Morgan fingerprint density at radius 3 is 2.82 bits per heavy atom. The second-order valence-corrected chi connectivity index (χ2v) is 9.73. The summed E-state index contributed by atoms with van der Waals surface area (Å²) >= 11 is 0. The summed E-state index contributed by atoms with van der Waals surface area (Å²) < 4.78 is 5.56. The number of nitrogens with zero attached hydrogens (tertiary/aromatic N) is 1. The van der Waals surface area contributed by atoms with Crippen LogP contribution < -0.4 is 10.1 Å². The summed E-state index contributed by atoms with van der Waals surface area (Å²) in [5.74, 6) is 1.39. The van der Waals surface area contributed by atoms with Crippen LogP contribution in [0, 0.1) is 12.8 Å². The minimum absolute atomic E-state index is 0.0266. The number of rotatable bonds is 5. The predicted octanol–water partition coefficient (Wildman–Crippen LogP) is 4.25. The van der Waals surface area contributed by atoms with Crippen LogP contribution in [-0.4, -0.2) is 43.0 Å². The molecule has 0 saturated carbocycles. The van der Waals surface area contributed by atoms with Crippen LogP contribution in [0.1, 0.15) is 44.9 Å². The summed E-state index contributed by atoms with van der Waals surface area (Å²) in [4.78, 5) is 19.1. The van der Waals surface area contributed by atoms with Gasteiger partial charge in [0.25, 0.3) is 5.91 Å². The molecule has 0 bridgehead atoms. The van der Waals surface area contributed by atoms with Crippen molar-refractivity contribution >= 4 is 5.91 Å². The standard InChI is InChI=1S/C28H33N3O2/c1-19-24-15-22-18-31(2)13-12-28(22,21-10-7-11-23(14-21)33-3)16-25(24)30-26(19)27(32)29-17-20-8-5-4-6-9-20/h4-11,14,22,30H,12-13,15-18H2,1-3H3,(H,29,32)/t22-,28+/m0/s1. The number of hydrogen-bond acceptors (Lipinski definition) is 3. The van der Waals surface area contributed by atoms with Gasteiger partial charge in [-0.15, -0.1) is 0 Å².